The maximum absolute atomic E-state index is 9.13. The van der Waals surface area contributed by atoms with E-state index in [1.54, 1.807) is 29.2 Å². The van der Waals surface area contributed by atoms with Crippen molar-refractivity contribution in [2.75, 3.05) is 0 Å². The third kappa shape index (κ3) is 1.44. The number of fused-ring (bicyclic) bond motifs is 1. The Morgan fingerprint density at radius 3 is 2.89 bits per heavy atom. The Morgan fingerprint density at radius 2 is 2.17 bits per heavy atom. The summed E-state index contributed by atoms with van der Waals surface area (Å²) in [6, 6.07) is 7.69. The number of rotatable bonds is 1. The number of hydrogen-bond donors (Lipinski definition) is 0. The minimum Gasteiger partial charge on any atom is -0.264 e. The van der Waals surface area contributed by atoms with Gasteiger partial charge in [0.05, 0.1) is 11.9 Å². The molecule has 0 saturated carbocycles. The van der Waals surface area contributed by atoms with Gasteiger partial charge in [-0.15, -0.1) is 0 Å². The van der Waals surface area contributed by atoms with Crippen molar-refractivity contribution < 1.29 is 0 Å². The van der Waals surface area contributed by atoms with Crippen LogP contribution in [-0.2, 0) is 0 Å². The van der Waals surface area contributed by atoms with E-state index in [-0.39, 0.29) is 0 Å². The molecule has 18 heavy (non-hydrogen) atoms. The second-order valence-electron chi connectivity index (χ2n) is 3.89. The summed E-state index contributed by atoms with van der Waals surface area (Å²) < 4.78 is 1.73. The van der Waals surface area contributed by atoms with E-state index in [1.165, 1.54) is 0 Å². The molecule has 0 aliphatic heterocycles. The van der Waals surface area contributed by atoms with Crippen LogP contribution in [0.1, 0.15) is 11.3 Å². The minimum atomic E-state index is 0.418. The summed E-state index contributed by atoms with van der Waals surface area (Å²) in [4.78, 5) is 8.36. The summed E-state index contributed by atoms with van der Waals surface area (Å²) in [7, 11) is 0. The van der Waals surface area contributed by atoms with E-state index in [1.807, 2.05) is 19.1 Å². The first kappa shape index (κ1) is 10.4. The second kappa shape index (κ2) is 3.93. The zero-order chi connectivity index (χ0) is 12.5. The van der Waals surface area contributed by atoms with Crippen molar-refractivity contribution in [2.24, 2.45) is 0 Å². The molecular formula is C13H9N5. The van der Waals surface area contributed by atoms with E-state index in [0.29, 0.717) is 11.3 Å². The number of hydrogen-bond acceptors (Lipinski definition) is 4. The first-order chi connectivity index (χ1) is 8.81. The maximum atomic E-state index is 9.13. The first-order valence-electron chi connectivity index (χ1n) is 5.46. The molecule has 3 aromatic heterocycles. The minimum absolute atomic E-state index is 0.418. The molecule has 5 nitrogen and oxygen atoms in total. The van der Waals surface area contributed by atoms with E-state index in [9.17, 15) is 0 Å². The summed E-state index contributed by atoms with van der Waals surface area (Å²) in [6.45, 7) is 1.87. The van der Waals surface area contributed by atoms with Crippen LogP contribution in [0, 0.1) is 18.3 Å². The van der Waals surface area contributed by atoms with Gasteiger partial charge in [0.1, 0.15) is 11.8 Å². The predicted octanol–water partition coefficient (Wildman–Crippen LogP) is 1.97. The monoisotopic (exact) mass is 235 g/mol. The van der Waals surface area contributed by atoms with Gasteiger partial charge in [0.25, 0.3) is 0 Å². The van der Waals surface area contributed by atoms with Gasteiger partial charge in [-0.05, 0) is 19.1 Å². The summed E-state index contributed by atoms with van der Waals surface area (Å²) in [5.74, 6) is 0. The molecule has 86 valence electrons. The molecule has 3 heterocycles. The number of nitrogens with zero attached hydrogens (tertiary/aromatic N) is 5. The molecule has 0 spiro atoms. The lowest BCUT2D eigenvalue weighted by atomic mass is 10.1. The molecule has 0 amide bonds. The highest BCUT2D eigenvalue weighted by molar-refractivity contribution is 5.67. The average molecular weight is 235 g/mol. The maximum Gasteiger partial charge on any atom is 0.157 e. The SMILES string of the molecule is Cc1c(C#N)nc2ccnn2c1-c1cccnc1. The lowest BCUT2D eigenvalue weighted by molar-refractivity contribution is 0.931. The van der Waals surface area contributed by atoms with Crippen LogP contribution in [0.5, 0.6) is 0 Å². The fourth-order valence-electron chi connectivity index (χ4n) is 1.97. The normalized spacial score (nSPS) is 10.4. The second-order valence-corrected chi connectivity index (χ2v) is 3.89. The summed E-state index contributed by atoms with van der Waals surface area (Å²) in [6.07, 6.45) is 5.14. The molecule has 5 heteroatoms. The van der Waals surface area contributed by atoms with Gasteiger partial charge in [0.2, 0.25) is 0 Å². The Kier molecular flexibility index (Phi) is 2.27. The van der Waals surface area contributed by atoms with E-state index in [0.717, 1.165) is 16.8 Å². The molecular weight excluding hydrogens is 226 g/mol. The van der Waals surface area contributed by atoms with E-state index in [2.05, 4.69) is 21.1 Å². The molecule has 0 atom stereocenters. The van der Waals surface area contributed by atoms with Gasteiger partial charge < -0.3 is 0 Å². The van der Waals surface area contributed by atoms with E-state index < -0.39 is 0 Å². The molecule has 3 aromatic rings. The third-order valence-electron chi connectivity index (χ3n) is 2.81. The topological polar surface area (TPSA) is 66.9 Å². The molecule has 0 fully saturated rings. The summed E-state index contributed by atoms with van der Waals surface area (Å²) in [5, 5.41) is 13.4. The highest BCUT2D eigenvalue weighted by Gasteiger charge is 2.13. The van der Waals surface area contributed by atoms with Crippen LogP contribution in [0.2, 0.25) is 0 Å². The molecule has 0 aromatic carbocycles. The van der Waals surface area contributed by atoms with Crippen molar-refractivity contribution in [2.45, 2.75) is 6.92 Å². The zero-order valence-electron chi connectivity index (χ0n) is 9.70. The van der Waals surface area contributed by atoms with Gasteiger partial charge in [-0.25, -0.2) is 9.50 Å². The zero-order valence-corrected chi connectivity index (χ0v) is 9.70. The molecule has 0 unspecified atom stereocenters. The van der Waals surface area contributed by atoms with Gasteiger partial charge in [-0.2, -0.15) is 10.4 Å². The Hall–Kier alpha value is -2.74. The van der Waals surface area contributed by atoms with Crippen molar-refractivity contribution in [1.29, 1.82) is 5.26 Å². The van der Waals surface area contributed by atoms with Crippen molar-refractivity contribution in [3.63, 3.8) is 0 Å². The third-order valence-corrected chi connectivity index (χ3v) is 2.81. The molecule has 0 saturated heterocycles. The lowest BCUT2D eigenvalue weighted by Crippen LogP contribution is -2.03. The molecule has 3 rings (SSSR count). The molecule has 0 radical (unpaired) electrons. The largest absolute Gasteiger partial charge is 0.264 e. The van der Waals surface area contributed by atoms with Gasteiger partial charge in [0.15, 0.2) is 5.65 Å². The quantitative estimate of drug-likeness (QED) is 0.646. The molecule has 0 bridgehead atoms. The predicted molar refractivity (Wildman–Crippen MR) is 65.7 cm³/mol. The van der Waals surface area contributed by atoms with Crippen LogP contribution in [0.4, 0.5) is 0 Å². The summed E-state index contributed by atoms with van der Waals surface area (Å²) in [5.41, 5.74) is 3.66. The van der Waals surface area contributed by atoms with Crippen LogP contribution < -0.4 is 0 Å². The van der Waals surface area contributed by atoms with E-state index in [4.69, 9.17) is 5.26 Å². The van der Waals surface area contributed by atoms with Crippen molar-refractivity contribution >= 4 is 5.65 Å². The Bertz CT molecular complexity index is 752. The van der Waals surface area contributed by atoms with Crippen LogP contribution in [0.3, 0.4) is 0 Å². The fourth-order valence-corrected chi connectivity index (χ4v) is 1.97. The smallest absolute Gasteiger partial charge is 0.157 e. The fraction of sp³-hybridized carbons (Fsp3) is 0.0769. The lowest BCUT2D eigenvalue weighted by Gasteiger charge is -2.09. The first-order valence-corrected chi connectivity index (χ1v) is 5.46. The highest BCUT2D eigenvalue weighted by atomic mass is 15.3. The van der Waals surface area contributed by atoms with Gasteiger partial charge in [-0.3, -0.25) is 4.98 Å². The Labute approximate surface area is 103 Å². The van der Waals surface area contributed by atoms with Gasteiger partial charge in [-0.1, -0.05) is 0 Å². The Balaban J connectivity index is 2.44. The van der Waals surface area contributed by atoms with Gasteiger partial charge in [0, 0.05) is 29.6 Å². The van der Waals surface area contributed by atoms with Crippen LogP contribution >= 0.6 is 0 Å². The number of nitriles is 1. The number of aromatic nitrogens is 4. The van der Waals surface area contributed by atoms with Gasteiger partial charge >= 0.3 is 0 Å². The van der Waals surface area contributed by atoms with Crippen LogP contribution in [0.25, 0.3) is 16.9 Å². The molecule has 0 N–H and O–H groups in total. The standard InChI is InChI=1S/C13H9N5/c1-9-11(7-14)17-12-4-6-16-18(12)13(9)10-3-2-5-15-8-10/h2-6,8H,1H3. The van der Waals surface area contributed by atoms with Crippen molar-refractivity contribution in [3.05, 3.63) is 48.0 Å². The summed E-state index contributed by atoms with van der Waals surface area (Å²) >= 11 is 0. The number of pyridine rings is 1. The Morgan fingerprint density at radius 1 is 1.28 bits per heavy atom. The average Bonchev–Trinajstić information content (AvgIpc) is 2.86. The van der Waals surface area contributed by atoms with Crippen LogP contribution in [0.15, 0.2) is 36.8 Å². The highest BCUT2D eigenvalue weighted by Crippen LogP contribution is 2.24. The van der Waals surface area contributed by atoms with Crippen molar-refractivity contribution in [3.8, 4) is 17.3 Å². The van der Waals surface area contributed by atoms with Crippen LogP contribution in [-0.4, -0.2) is 19.6 Å². The van der Waals surface area contributed by atoms with Crippen molar-refractivity contribution in [1.82, 2.24) is 19.6 Å². The molecule has 0 aliphatic carbocycles. The molecule has 0 aliphatic rings. The van der Waals surface area contributed by atoms with E-state index >= 15 is 0 Å².